The number of carbonyl (C=O) groups excluding carboxylic acids is 2. The number of benzene rings is 2. The van der Waals surface area contributed by atoms with Crippen LogP contribution in [0.2, 0.25) is 0 Å². The molecule has 0 aliphatic carbocycles. The molecule has 6 heteroatoms. The SMILES string of the molecule is CCNC(=O)COc1ccc(NC(=O)Cc2cccc(F)c2)cc1. The third-order valence-electron chi connectivity index (χ3n) is 3.14. The summed E-state index contributed by atoms with van der Waals surface area (Å²) in [5.74, 6) is -0.264. The molecule has 2 aromatic rings. The molecule has 2 aromatic carbocycles. The maximum absolute atomic E-state index is 13.1. The zero-order valence-electron chi connectivity index (χ0n) is 13.3. The summed E-state index contributed by atoms with van der Waals surface area (Å²) in [6.07, 6.45) is 0.0905. The Morgan fingerprint density at radius 3 is 2.50 bits per heavy atom. The van der Waals surface area contributed by atoms with Crippen LogP contribution in [0.1, 0.15) is 12.5 Å². The summed E-state index contributed by atoms with van der Waals surface area (Å²) in [5, 5.41) is 5.36. The first-order valence-electron chi connectivity index (χ1n) is 7.60. The van der Waals surface area contributed by atoms with Crippen LogP contribution >= 0.6 is 0 Å². The molecule has 0 heterocycles. The summed E-state index contributed by atoms with van der Waals surface area (Å²) in [5.41, 5.74) is 1.20. The Bertz CT molecular complexity index is 702. The minimum atomic E-state index is -0.367. The maximum atomic E-state index is 13.1. The molecule has 0 spiro atoms. The molecule has 0 radical (unpaired) electrons. The summed E-state index contributed by atoms with van der Waals surface area (Å²) >= 11 is 0. The predicted octanol–water partition coefficient (Wildman–Crippen LogP) is 2.52. The Balaban J connectivity index is 1.84. The summed E-state index contributed by atoms with van der Waals surface area (Å²) < 4.78 is 18.4. The summed E-state index contributed by atoms with van der Waals surface area (Å²) in [7, 11) is 0. The first-order valence-corrected chi connectivity index (χ1v) is 7.60. The van der Waals surface area contributed by atoms with E-state index in [9.17, 15) is 14.0 Å². The van der Waals surface area contributed by atoms with Gasteiger partial charge in [0.25, 0.3) is 5.91 Å². The van der Waals surface area contributed by atoms with Crippen molar-refractivity contribution in [1.29, 1.82) is 0 Å². The van der Waals surface area contributed by atoms with Crippen molar-refractivity contribution in [3.63, 3.8) is 0 Å². The van der Waals surface area contributed by atoms with Crippen LogP contribution in [0.4, 0.5) is 10.1 Å². The van der Waals surface area contributed by atoms with Crippen molar-refractivity contribution < 1.29 is 18.7 Å². The molecule has 0 aromatic heterocycles. The highest BCUT2D eigenvalue weighted by Gasteiger charge is 2.06. The fourth-order valence-corrected chi connectivity index (χ4v) is 2.07. The zero-order chi connectivity index (χ0) is 17.4. The van der Waals surface area contributed by atoms with Crippen molar-refractivity contribution in [2.75, 3.05) is 18.5 Å². The molecule has 0 aliphatic heterocycles. The molecular weight excluding hydrogens is 311 g/mol. The van der Waals surface area contributed by atoms with Crippen LogP contribution in [-0.4, -0.2) is 25.0 Å². The molecule has 0 aliphatic rings. The Hall–Kier alpha value is -2.89. The first-order chi connectivity index (χ1) is 11.6. The van der Waals surface area contributed by atoms with E-state index in [1.54, 1.807) is 36.4 Å². The molecule has 2 amide bonds. The summed E-state index contributed by atoms with van der Waals surface area (Å²) in [4.78, 5) is 23.3. The fourth-order valence-electron chi connectivity index (χ4n) is 2.07. The van der Waals surface area contributed by atoms with Crippen molar-refractivity contribution in [3.8, 4) is 5.75 Å². The van der Waals surface area contributed by atoms with E-state index in [0.29, 0.717) is 23.5 Å². The van der Waals surface area contributed by atoms with Gasteiger partial charge in [-0.15, -0.1) is 0 Å². The van der Waals surface area contributed by atoms with Gasteiger partial charge in [0.05, 0.1) is 6.42 Å². The van der Waals surface area contributed by atoms with E-state index in [-0.39, 0.29) is 30.7 Å². The quantitative estimate of drug-likeness (QED) is 0.820. The lowest BCUT2D eigenvalue weighted by Crippen LogP contribution is -2.28. The van der Waals surface area contributed by atoms with E-state index >= 15 is 0 Å². The average Bonchev–Trinajstić information content (AvgIpc) is 2.54. The lowest BCUT2D eigenvalue weighted by Gasteiger charge is -2.08. The average molecular weight is 330 g/mol. The van der Waals surface area contributed by atoms with E-state index < -0.39 is 0 Å². The van der Waals surface area contributed by atoms with E-state index in [2.05, 4.69) is 10.6 Å². The van der Waals surface area contributed by atoms with Gasteiger partial charge in [0.1, 0.15) is 11.6 Å². The number of amides is 2. The van der Waals surface area contributed by atoms with Crippen LogP contribution in [0, 0.1) is 5.82 Å². The summed E-state index contributed by atoms with van der Waals surface area (Å²) in [6.45, 7) is 2.33. The van der Waals surface area contributed by atoms with Crippen molar-refractivity contribution >= 4 is 17.5 Å². The highest BCUT2D eigenvalue weighted by Crippen LogP contribution is 2.16. The number of hydrogen-bond acceptors (Lipinski definition) is 3. The van der Waals surface area contributed by atoms with Gasteiger partial charge in [0, 0.05) is 12.2 Å². The molecule has 0 unspecified atom stereocenters. The standard InChI is InChI=1S/C18H19FN2O3/c1-2-20-18(23)12-24-16-8-6-15(7-9-16)21-17(22)11-13-4-3-5-14(19)10-13/h3-10H,2,11-12H2,1H3,(H,20,23)(H,21,22). The molecule has 0 fully saturated rings. The topological polar surface area (TPSA) is 67.4 Å². The molecule has 2 N–H and O–H groups in total. The normalized spacial score (nSPS) is 10.1. The van der Waals surface area contributed by atoms with Gasteiger partial charge in [-0.1, -0.05) is 12.1 Å². The molecule has 5 nitrogen and oxygen atoms in total. The van der Waals surface area contributed by atoms with E-state index in [1.165, 1.54) is 12.1 Å². The smallest absolute Gasteiger partial charge is 0.257 e. The van der Waals surface area contributed by atoms with E-state index in [0.717, 1.165) is 0 Å². The molecule has 0 atom stereocenters. The second-order valence-corrected chi connectivity index (χ2v) is 5.12. The van der Waals surface area contributed by atoms with Gasteiger partial charge in [-0.25, -0.2) is 4.39 Å². The third-order valence-corrected chi connectivity index (χ3v) is 3.14. The van der Waals surface area contributed by atoms with Gasteiger partial charge >= 0.3 is 0 Å². The van der Waals surface area contributed by atoms with Gasteiger partial charge in [0.15, 0.2) is 6.61 Å². The lowest BCUT2D eigenvalue weighted by atomic mass is 10.1. The van der Waals surface area contributed by atoms with Gasteiger partial charge in [-0.05, 0) is 48.9 Å². The first kappa shape index (κ1) is 17.5. The Kier molecular flexibility index (Phi) is 6.31. The van der Waals surface area contributed by atoms with Crippen molar-refractivity contribution in [3.05, 3.63) is 59.9 Å². The molecular formula is C18H19FN2O3. The second kappa shape index (κ2) is 8.67. The Morgan fingerprint density at radius 1 is 1.08 bits per heavy atom. The maximum Gasteiger partial charge on any atom is 0.257 e. The van der Waals surface area contributed by atoms with Crippen LogP contribution in [0.3, 0.4) is 0 Å². The molecule has 126 valence electrons. The van der Waals surface area contributed by atoms with Gasteiger partial charge in [0.2, 0.25) is 5.91 Å². The van der Waals surface area contributed by atoms with Gasteiger partial charge < -0.3 is 15.4 Å². The zero-order valence-corrected chi connectivity index (χ0v) is 13.3. The molecule has 0 bridgehead atoms. The largest absolute Gasteiger partial charge is 0.484 e. The number of anilines is 1. The van der Waals surface area contributed by atoms with Gasteiger partial charge in [-0.2, -0.15) is 0 Å². The van der Waals surface area contributed by atoms with Crippen LogP contribution in [0.25, 0.3) is 0 Å². The molecule has 0 saturated heterocycles. The highest BCUT2D eigenvalue weighted by molar-refractivity contribution is 5.92. The predicted molar refractivity (Wildman–Crippen MR) is 89.4 cm³/mol. The lowest BCUT2D eigenvalue weighted by molar-refractivity contribution is -0.123. The number of likely N-dealkylation sites (N-methyl/N-ethyl adjacent to an activating group) is 1. The van der Waals surface area contributed by atoms with Crippen molar-refractivity contribution in [2.45, 2.75) is 13.3 Å². The molecule has 0 saturated carbocycles. The number of nitrogens with one attached hydrogen (secondary N) is 2. The van der Waals surface area contributed by atoms with Crippen molar-refractivity contribution in [1.82, 2.24) is 5.32 Å². The number of rotatable bonds is 7. The van der Waals surface area contributed by atoms with E-state index in [4.69, 9.17) is 4.74 Å². The van der Waals surface area contributed by atoms with Crippen LogP contribution < -0.4 is 15.4 Å². The molecule has 2 rings (SSSR count). The van der Waals surface area contributed by atoms with Crippen LogP contribution in [-0.2, 0) is 16.0 Å². The van der Waals surface area contributed by atoms with Crippen molar-refractivity contribution in [2.24, 2.45) is 0 Å². The summed E-state index contributed by atoms with van der Waals surface area (Å²) in [6, 6.07) is 12.6. The molecule has 24 heavy (non-hydrogen) atoms. The van der Waals surface area contributed by atoms with Gasteiger partial charge in [-0.3, -0.25) is 9.59 Å². The number of hydrogen-bond donors (Lipinski definition) is 2. The number of ether oxygens (including phenoxy) is 1. The minimum absolute atomic E-state index is 0.0564. The highest BCUT2D eigenvalue weighted by atomic mass is 19.1. The Morgan fingerprint density at radius 2 is 1.83 bits per heavy atom. The number of halogens is 1. The van der Waals surface area contributed by atoms with Crippen LogP contribution in [0.5, 0.6) is 5.75 Å². The monoisotopic (exact) mass is 330 g/mol. The second-order valence-electron chi connectivity index (χ2n) is 5.12. The Labute approximate surface area is 139 Å². The van der Waals surface area contributed by atoms with Crippen LogP contribution in [0.15, 0.2) is 48.5 Å². The van der Waals surface area contributed by atoms with E-state index in [1.807, 2.05) is 6.92 Å². The fraction of sp³-hybridized carbons (Fsp3) is 0.222. The third kappa shape index (κ3) is 5.72. The minimum Gasteiger partial charge on any atom is -0.484 e. The number of carbonyl (C=O) groups is 2.